The number of rotatable bonds is 3. The number of carbonyl (C=O) groups is 1. The molecule has 6 heteroatoms. The topological polar surface area (TPSA) is 71.6 Å². The van der Waals surface area contributed by atoms with E-state index in [2.05, 4.69) is 17.1 Å². The van der Waals surface area contributed by atoms with Crippen molar-refractivity contribution in [2.24, 2.45) is 0 Å². The van der Waals surface area contributed by atoms with Crippen LogP contribution in [-0.4, -0.2) is 54.3 Å². The Morgan fingerprint density at radius 3 is 2.74 bits per heavy atom. The van der Waals surface area contributed by atoms with Gasteiger partial charge in [0.2, 0.25) is 0 Å². The van der Waals surface area contributed by atoms with Crippen molar-refractivity contribution >= 4 is 5.91 Å². The highest BCUT2D eigenvalue weighted by Crippen LogP contribution is 2.43. The van der Waals surface area contributed by atoms with Crippen molar-refractivity contribution in [3.8, 4) is 0 Å². The highest BCUT2D eigenvalue weighted by molar-refractivity contribution is 5.94. The molecule has 3 heterocycles. The maximum atomic E-state index is 12.9. The summed E-state index contributed by atoms with van der Waals surface area (Å²) in [6, 6.07) is 13.6. The first-order valence-corrected chi connectivity index (χ1v) is 9.23. The summed E-state index contributed by atoms with van der Waals surface area (Å²) in [4.78, 5) is 29.5. The smallest absolute Gasteiger partial charge is 0.260 e. The molecular formula is C21H24N2O4. The predicted molar refractivity (Wildman–Crippen MR) is 101 cm³/mol. The summed E-state index contributed by atoms with van der Waals surface area (Å²) in [6.45, 7) is 3.25. The number of nitrogens with zero attached hydrogens (tertiary/aromatic N) is 1. The summed E-state index contributed by atoms with van der Waals surface area (Å²) in [5.74, 6) is 0.00335. The van der Waals surface area contributed by atoms with Gasteiger partial charge in [-0.2, -0.15) is 0 Å². The van der Waals surface area contributed by atoms with E-state index in [0.29, 0.717) is 19.7 Å². The minimum Gasteiger partial charge on any atom is -0.377 e. The summed E-state index contributed by atoms with van der Waals surface area (Å²) in [6.07, 6.45) is 0.587. The molecule has 0 saturated carbocycles. The molecule has 142 valence electrons. The molecule has 6 nitrogen and oxygen atoms in total. The zero-order valence-corrected chi connectivity index (χ0v) is 15.6. The van der Waals surface area contributed by atoms with E-state index in [-0.39, 0.29) is 29.1 Å². The maximum absolute atomic E-state index is 12.9. The molecule has 2 saturated heterocycles. The van der Waals surface area contributed by atoms with Gasteiger partial charge in [0.25, 0.3) is 11.5 Å². The van der Waals surface area contributed by atoms with E-state index in [0.717, 1.165) is 12.1 Å². The monoisotopic (exact) mass is 368 g/mol. The Bertz CT molecular complexity index is 895. The number of carbonyl (C=O) groups excluding carboxylic acids is 1. The first kappa shape index (κ1) is 17.9. The largest absolute Gasteiger partial charge is 0.377 e. The summed E-state index contributed by atoms with van der Waals surface area (Å²) < 4.78 is 11.9. The molecule has 3 atom stereocenters. The van der Waals surface area contributed by atoms with Crippen LogP contribution in [0.15, 0.2) is 47.3 Å². The first-order valence-electron chi connectivity index (χ1n) is 9.23. The lowest BCUT2D eigenvalue weighted by atomic mass is 9.87. The zero-order chi connectivity index (χ0) is 19.0. The number of methoxy groups -OCH3 is 1. The van der Waals surface area contributed by atoms with Crippen molar-refractivity contribution in [1.82, 2.24) is 9.88 Å². The molecule has 2 aliphatic rings. The fourth-order valence-corrected chi connectivity index (χ4v) is 4.29. The fourth-order valence-electron chi connectivity index (χ4n) is 4.29. The molecule has 0 aliphatic carbocycles. The van der Waals surface area contributed by atoms with Crippen LogP contribution in [0.1, 0.15) is 34.0 Å². The number of nitrogens with one attached hydrogen (secondary N) is 1. The van der Waals surface area contributed by atoms with Crippen LogP contribution in [-0.2, 0) is 9.47 Å². The molecular weight excluding hydrogens is 344 g/mol. The molecule has 0 radical (unpaired) electrons. The summed E-state index contributed by atoms with van der Waals surface area (Å²) in [7, 11) is 1.65. The highest BCUT2D eigenvalue weighted by atomic mass is 16.6. The van der Waals surface area contributed by atoms with Crippen LogP contribution in [0.3, 0.4) is 0 Å². The molecule has 1 amide bonds. The second-order valence-electron chi connectivity index (χ2n) is 7.48. The lowest BCUT2D eigenvalue weighted by Gasteiger charge is -2.28. The third kappa shape index (κ3) is 3.19. The van der Waals surface area contributed by atoms with Gasteiger partial charge in [-0.15, -0.1) is 0 Å². The standard InChI is InChI=1S/C21H24N2O4/c1-14-8-9-17(19(24)22-14)20(25)23-11-18(26-2)21(13-23)10-16(12-27-21)15-6-4-3-5-7-15/h3-9,16,18H,10-13H2,1-2H3,(H,22,24)/t16-,18-,21-/m1/s1. The van der Waals surface area contributed by atoms with Gasteiger partial charge in [-0.25, -0.2) is 0 Å². The first-order chi connectivity index (χ1) is 13.0. The minimum atomic E-state index is -0.525. The third-order valence-corrected chi connectivity index (χ3v) is 5.72. The Kier molecular flexibility index (Phi) is 4.61. The van der Waals surface area contributed by atoms with Crippen molar-refractivity contribution in [2.45, 2.75) is 31.0 Å². The number of ether oxygens (including phenoxy) is 2. The summed E-state index contributed by atoms with van der Waals surface area (Å²) in [5.41, 5.74) is 1.25. The zero-order valence-electron chi connectivity index (χ0n) is 15.6. The second-order valence-corrected chi connectivity index (χ2v) is 7.48. The Hall–Kier alpha value is -2.44. The van der Waals surface area contributed by atoms with Gasteiger partial charge >= 0.3 is 0 Å². The van der Waals surface area contributed by atoms with E-state index in [1.165, 1.54) is 5.56 Å². The molecule has 1 spiro atoms. The average Bonchev–Trinajstić information content (AvgIpc) is 3.26. The lowest BCUT2D eigenvalue weighted by Crippen LogP contribution is -2.42. The number of aromatic nitrogens is 1. The van der Waals surface area contributed by atoms with Crippen LogP contribution >= 0.6 is 0 Å². The van der Waals surface area contributed by atoms with Crippen LogP contribution < -0.4 is 5.56 Å². The molecule has 2 aromatic rings. The minimum absolute atomic E-state index is 0.158. The fraction of sp³-hybridized carbons (Fsp3) is 0.429. The van der Waals surface area contributed by atoms with Gasteiger partial charge in [0.1, 0.15) is 17.3 Å². The van der Waals surface area contributed by atoms with Gasteiger partial charge in [-0.3, -0.25) is 9.59 Å². The Morgan fingerprint density at radius 2 is 2.04 bits per heavy atom. The lowest BCUT2D eigenvalue weighted by molar-refractivity contribution is -0.0755. The number of amides is 1. The SMILES string of the molecule is CO[C@@H]1CN(C(=O)c2ccc(C)[nH]c2=O)C[C@]12C[C@@H](c1ccccc1)CO2. The van der Waals surface area contributed by atoms with Crippen molar-refractivity contribution in [3.05, 3.63) is 69.6 Å². The number of hydrogen-bond donors (Lipinski definition) is 1. The van der Waals surface area contributed by atoms with E-state index in [4.69, 9.17) is 9.47 Å². The van der Waals surface area contributed by atoms with Gasteiger partial charge in [0, 0.05) is 18.7 Å². The van der Waals surface area contributed by atoms with E-state index >= 15 is 0 Å². The number of aryl methyl sites for hydroxylation is 1. The number of pyridine rings is 1. The van der Waals surface area contributed by atoms with Gasteiger partial charge in [0.05, 0.1) is 19.7 Å². The van der Waals surface area contributed by atoms with Gasteiger partial charge in [-0.1, -0.05) is 30.3 Å². The molecule has 1 aromatic heterocycles. The van der Waals surface area contributed by atoms with Crippen LogP contribution in [0.5, 0.6) is 0 Å². The Labute approximate surface area is 158 Å². The molecule has 0 bridgehead atoms. The van der Waals surface area contributed by atoms with E-state index in [9.17, 15) is 9.59 Å². The Balaban J connectivity index is 1.56. The summed E-state index contributed by atoms with van der Waals surface area (Å²) >= 11 is 0. The van der Waals surface area contributed by atoms with Crippen LogP contribution in [0.2, 0.25) is 0 Å². The molecule has 27 heavy (non-hydrogen) atoms. The van der Waals surface area contributed by atoms with Crippen molar-refractivity contribution < 1.29 is 14.3 Å². The summed E-state index contributed by atoms with van der Waals surface area (Å²) in [5, 5.41) is 0. The number of hydrogen-bond acceptors (Lipinski definition) is 4. The quantitative estimate of drug-likeness (QED) is 0.901. The third-order valence-electron chi connectivity index (χ3n) is 5.72. The van der Waals surface area contributed by atoms with Crippen LogP contribution in [0, 0.1) is 6.92 Å². The van der Waals surface area contributed by atoms with Gasteiger partial charge in [0.15, 0.2) is 0 Å². The van der Waals surface area contributed by atoms with Gasteiger partial charge < -0.3 is 19.4 Å². The molecule has 0 unspecified atom stereocenters. The number of H-pyrrole nitrogens is 1. The molecule has 1 aromatic carbocycles. The van der Waals surface area contributed by atoms with Crippen molar-refractivity contribution in [1.29, 1.82) is 0 Å². The van der Waals surface area contributed by atoms with Crippen molar-refractivity contribution in [3.63, 3.8) is 0 Å². The molecule has 2 aliphatic heterocycles. The van der Waals surface area contributed by atoms with E-state index in [1.807, 2.05) is 18.2 Å². The number of likely N-dealkylation sites (tertiary alicyclic amines) is 1. The van der Waals surface area contributed by atoms with E-state index < -0.39 is 5.60 Å². The van der Waals surface area contributed by atoms with Crippen molar-refractivity contribution in [2.75, 3.05) is 26.8 Å². The highest BCUT2D eigenvalue weighted by Gasteiger charge is 2.54. The molecule has 2 fully saturated rings. The Morgan fingerprint density at radius 1 is 1.26 bits per heavy atom. The normalized spacial score (nSPS) is 27.4. The van der Waals surface area contributed by atoms with E-state index in [1.54, 1.807) is 31.1 Å². The van der Waals surface area contributed by atoms with Gasteiger partial charge in [-0.05, 0) is 31.0 Å². The number of benzene rings is 1. The van der Waals surface area contributed by atoms with Crippen LogP contribution in [0.4, 0.5) is 0 Å². The second kappa shape index (κ2) is 6.94. The number of aromatic amines is 1. The average molecular weight is 368 g/mol. The molecule has 1 N–H and O–H groups in total. The van der Waals surface area contributed by atoms with Crippen LogP contribution in [0.25, 0.3) is 0 Å². The maximum Gasteiger partial charge on any atom is 0.260 e. The molecule has 4 rings (SSSR count). The predicted octanol–water partition coefficient (Wildman–Crippen LogP) is 2.10.